The van der Waals surface area contributed by atoms with Gasteiger partial charge in [0.05, 0.1) is 12.3 Å². The lowest BCUT2D eigenvalue weighted by atomic mass is 10.2. The molecule has 2 aromatic rings. The molecule has 1 N–H and O–H groups in total. The molecule has 0 bridgehead atoms. The van der Waals surface area contributed by atoms with Gasteiger partial charge in [0.1, 0.15) is 6.10 Å². The summed E-state index contributed by atoms with van der Waals surface area (Å²) in [6, 6.07) is 19.4. The summed E-state index contributed by atoms with van der Waals surface area (Å²) in [6.07, 6.45) is -0.517. The topological polar surface area (TPSA) is 41.6 Å². The molecule has 110 valence electrons. The minimum atomic E-state index is -0.517. The molecule has 1 atom stereocenters. The molecule has 21 heavy (non-hydrogen) atoms. The molecule has 0 heterocycles. The molecule has 0 fully saturated rings. The van der Waals surface area contributed by atoms with E-state index in [2.05, 4.69) is 5.43 Å². The number of carbonyl (C=O) groups excluding carboxylic acids is 1. The molecule has 2 aromatic carbocycles. The van der Waals surface area contributed by atoms with Gasteiger partial charge in [0.2, 0.25) is 0 Å². The first-order chi connectivity index (χ1) is 10.2. The average Bonchev–Trinajstić information content (AvgIpc) is 2.54. The second kappa shape index (κ2) is 7.45. The van der Waals surface area contributed by atoms with Crippen LogP contribution in [0.2, 0.25) is 0 Å². The Hall–Kier alpha value is -2.33. The Kier molecular flexibility index (Phi) is 5.35. The zero-order valence-electron chi connectivity index (χ0n) is 12.3. The third-order valence-corrected chi connectivity index (χ3v) is 3.13. The van der Waals surface area contributed by atoms with Crippen LogP contribution in [-0.2, 0) is 16.1 Å². The Balaban J connectivity index is 1.82. The van der Waals surface area contributed by atoms with E-state index in [4.69, 9.17) is 4.74 Å². The normalized spacial score (nSPS) is 11.7. The lowest BCUT2D eigenvalue weighted by molar-refractivity contribution is -0.132. The first-order valence-electron chi connectivity index (χ1n) is 6.91. The number of para-hydroxylation sites is 1. The van der Waals surface area contributed by atoms with Gasteiger partial charge < -0.3 is 4.74 Å². The van der Waals surface area contributed by atoms with Gasteiger partial charge in [0.15, 0.2) is 0 Å². The molecule has 2 rings (SSSR count). The maximum Gasteiger partial charge on any atom is 0.267 e. The summed E-state index contributed by atoms with van der Waals surface area (Å²) in [5.74, 6) is -0.169. The van der Waals surface area contributed by atoms with Crippen LogP contribution in [0.25, 0.3) is 0 Å². The second-order valence-electron chi connectivity index (χ2n) is 4.81. The van der Waals surface area contributed by atoms with Crippen LogP contribution >= 0.6 is 0 Å². The van der Waals surface area contributed by atoms with E-state index in [0.29, 0.717) is 6.61 Å². The van der Waals surface area contributed by atoms with Crippen molar-refractivity contribution in [3.05, 3.63) is 66.2 Å². The number of anilines is 1. The number of carbonyl (C=O) groups is 1. The van der Waals surface area contributed by atoms with E-state index in [9.17, 15) is 4.79 Å². The lowest BCUT2D eigenvalue weighted by Gasteiger charge is -2.22. The molecule has 0 saturated carbocycles. The van der Waals surface area contributed by atoms with Gasteiger partial charge in [-0.25, -0.2) is 0 Å². The fourth-order valence-corrected chi connectivity index (χ4v) is 1.84. The van der Waals surface area contributed by atoms with Crippen LogP contribution in [0, 0.1) is 0 Å². The van der Waals surface area contributed by atoms with Crippen molar-refractivity contribution in [1.82, 2.24) is 5.43 Å². The summed E-state index contributed by atoms with van der Waals surface area (Å²) in [7, 11) is 1.80. The molecule has 0 radical (unpaired) electrons. The molecule has 1 unspecified atom stereocenters. The van der Waals surface area contributed by atoms with Gasteiger partial charge >= 0.3 is 0 Å². The van der Waals surface area contributed by atoms with Crippen LogP contribution in [0.5, 0.6) is 0 Å². The molecule has 0 aliphatic carbocycles. The molecular weight excluding hydrogens is 264 g/mol. The van der Waals surface area contributed by atoms with Crippen molar-refractivity contribution in [2.75, 3.05) is 12.1 Å². The summed E-state index contributed by atoms with van der Waals surface area (Å²) in [6.45, 7) is 2.17. The third kappa shape index (κ3) is 4.61. The van der Waals surface area contributed by atoms with Gasteiger partial charge in [-0.1, -0.05) is 48.5 Å². The summed E-state index contributed by atoms with van der Waals surface area (Å²) in [5.41, 5.74) is 4.77. The van der Waals surface area contributed by atoms with Gasteiger partial charge in [-0.05, 0) is 24.6 Å². The zero-order valence-corrected chi connectivity index (χ0v) is 12.3. The van der Waals surface area contributed by atoms with Crippen LogP contribution in [0.15, 0.2) is 60.7 Å². The maximum absolute atomic E-state index is 12.1. The second-order valence-corrected chi connectivity index (χ2v) is 4.81. The monoisotopic (exact) mass is 284 g/mol. The number of hydrogen-bond donors (Lipinski definition) is 1. The van der Waals surface area contributed by atoms with E-state index in [1.165, 1.54) is 0 Å². The van der Waals surface area contributed by atoms with Crippen molar-refractivity contribution < 1.29 is 9.53 Å². The van der Waals surface area contributed by atoms with Gasteiger partial charge in [-0.15, -0.1) is 0 Å². The first kappa shape index (κ1) is 15.1. The molecule has 0 spiro atoms. The van der Waals surface area contributed by atoms with Crippen molar-refractivity contribution in [3.63, 3.8) is 0 Å². The Morgan fingerprint density at radius 1 is 1.10 bits per heavy atom. The summed E-state index contributed by atoms with van der Waals surface area (Å²) in [5, 5.41) is 1.69. The highest BCUT2D eigenvalue weighted by Crippen LogP contribution is 2.09. The lowest BCUT2D eigenvalue weighted by Crippen LogP contribution is -2.44. The predicted octanol–water partition coefficient (Wildman–Crippen LogP) is 2.76. The number of ether oxygens (including phenoxy) is 1. The Labute approximate surface area is 125 Å². The minimum Gasteiger partial charge on any atom is -0.364 e. The van der Waals surface area contributed by atoms with E-state index in [1.54, 1.807) is 19.0 Å². The van der Waals surface area contributed by atoms with Gasteiger partial charge in [0, 0.05) is 7.05 Å². The largest absolute Gasteiger partial charge is 0.364 e. The Bertz CT molecular complexity index is 558. The first-order valence-corrected chi connectivity index (χ1v) is 6.91. The molecular formula is C17H20N2O2. The Morgan fingerprint density at radius 2 is 1.67 bits per heavy atom. The predicted molar refractivity (Wildman–Crippen MR) is 83.7 cm³/mol. The highest BCUT2D eigenvalue weighted by molar-refractivity contribution is 5.81. The van der Waals surface area contributed by atoms with Crippen LogP contribution < -0.4 is 10.4 Å². The number of amides is 1. The van der Waals surface area contributed by atoms with Crippen LogP contribution in [0.1, 0.15) is 12.5 Å². The molecule has 0 saturated heterocycles. The fourth-order valence-electron chi connectivity index (χ4n) is 1.84. The van der Waals surface area contributed by atoms with Crippen molar-refractivity contribution in [2.45, 2.75) is 19.6 Å². The summed E-state index contributed by atoms with van der Waals surface area (Å²) < 4.78 is 5.59. The quantitative estimate of drug-likeness (QED) is 0.829. The van der Waals surface area contributed by atoms with E-state index in [1.807, 2.05) is 60.7 Å². The molecule has 0 aliphatic rings. The average molecular weight is 284 g/mol. The minimum absolute atomic E-state index is 0.169. The molecule has 0 aromatic heterocycles. The highest BCUT2D eigenvalue weighted by atomic mass is 16.5. The number of hydrogen-bond acceptors (Lipinski definition) is 3. The molecule has 1 amide bonds. The van der Waals surface area contributed by atoms with Crippen LogP contribution in [0.4, 0.5) is 5.69 Å². The fraction of sp³-hybridized carbons (Fsp3) is 0.235. The van der Waals surface area contributed by atoms with Crippen molar-refractivity contribution in [2.24, 2.45) is 0 Å². The number of nitrogens with one attached hydrogen (secondary N) is 1. The van der Waals surface area contributed by atoms with Gasteiger partial charge in [-0.2, -0.15) is 0 Å². The molecule has 0 aliphatic heterocycles. The summed E-state index contributed by atoms with van der Waals surface area (Å²) >= 11 is 0. The maximum atomic E-state index is 12.1. The summed E-state index contributed by atoms with van der Waals surface area (Å²) in [4.78, 5) is 12.1. The van der Waals surface area contributed by atoms with Crippen molar-refractivity contribution in [3.8, 4) is 0 Å². The zero-order chi connectivity index (χ0) is 15.1. The number of nitrogens with zero attached hydrogens (tertiary/aromatic N) is 1. The molecule has 4 heteroatoms. The Morgan fingerprint density at radius 3 is 2.29 bits per heavy atom. The van der Waals surface area contributed by atoms with E-state index < -0.39 is 6.10 Å². The van der Waals surface area contributed by atoms with Crippen molar-refractivity contribution >= 4 is 11.6 Å². The van der Waals surface area contributed by atoms with Crippen LogP contribution in [-0.4, -0.2) is 19.1 Å². The van der Waals surface area contributed by atoms with E-state index >= 15 is 0 Å². The number of hydrazine groups is 1. The third-order valence-electron chi connectivity index (χ3n) is 3.13. The number of benzene rings is 2. The van der Waals surface area contributed by atoms with Crippen LogP contribution in [0.3, 0.4) is 0 Å². The van der Waals surface area contributed by atoms with Gasteiger partial charge in [-0.3, -0.25) is 15.2 Å². The number of rotatable bonds is 6. The van der Waals surface area contributed by atoms with Crippen molar-refractivity contribution in [1.29, 1.82) is 0 Å². The SMILES string of the molecule is CC(OCc1ccccc1)C(=O)NN(C)c1ccccc1. The molecule has 4 nitrogen and oxygen atoms in total. The standard InChI is InChI=1S/C17H20N2O2/c1-14(21-13-15-9-5-3-6-10-15)17(20)18-19(2)16-11-7-4-8-12-16/h3-12,14H,13H2,1-2H3,(H,18,20). The van der Waals surface area contributed by atoms with Gasteiger partial charge in [0.25, 0.3) is 5.91 Å². The van der Waals surface area contributed by atoms with E-state index in [-0.39, 0.29) is 5.91 Å². The highest BCUT2D eigenvalue weighted by Gasteiger charge is 2.15. The van der Waals surface area contributed by atoms with E-state index in [0.717, 1.165) is 11.3 Å². The smallest absolute Gasteiger partial charge is 0.267 e.